The van der Waals surface area contributed by atoms with Gasteiger partial charge >= 0.3 is 0 Å². The smallest absolute Gasteiger partial charge is 0.235 e. The number of aryl methyl sites for hydroxylation is 2. The average molecular weight is 412 g/mol. The van der Waals surface area contributed by atoms with Gasteiger partial charge in [-0.05, 0) is 55.0 Å². The highest BCUT2D eigenvalue weighted by Gasteiger charge is 2.21. The van der Waals surface area contributed by atoms with E-state index < -0.39 is 0 Å². The highest BCUT2D eigenvalue weighted by Crippen LogP contribution is 2.26. The van der Waals surface area contributed by atoms with Crippen LogP contribution in [0.4, 0.5) is 5.69 Å². The van der Waals surface area contributed by atoms with E-state index in [4.69, 9.17) is 19.7 Å². The molecule has 0 saturated heterocycles. The summed E-state index contributed by atoms with van der Waals surface area (Å²) in [6.45, 7) is 6.95. The molecule has 31 heavy (non-hydrogen) atoms. The van der Waals surface area contributed by atoms with Crippen LogP contribution in [0.5, 0.6) is 0 Å². The lowest BCUT2D eigenvalue weighted by molar-refractivity contribution is 0.316. The van der Waals surface area contributed by atoms with Crippen molar-refractivity contribution in [1.29, 1.82) is 0 Å². The van der Waals surface area contributed by atoms with Crippen molar-refractivity contribution in [1.82, 2.24) is 4.98 Å². The minimum absolute atomic E-state index is 0.126. The van der Waals surface area contributed by atoms with Crippen LogP contribution >= 0.6 is 0 Å². The summed E-state index contributed by atoms with van der Waals surface area (Å²) in [6, 6.07) is 22.9. The lowest BCUT2D eigenvalue weighted by atomic mass is 10.0. The van der Waals surface area contributed by atoms with Crippen molar-refractivity contribution < 1.29 is 4.74 Å². The first-order valence-electron chi connectivity index (χ1n) is 11.1. The van der Waals surface area contributed by atoms with Gasteiger partial charge in [-0.25, -0.2) is 9.98 Å². The topological polar surface area (TPSA) is 46.8 Å². The molecule has 1 aliphatic heterocycles. The Hall–Kier alpha value is -3.27. The molecule has 2 aromatic carbocycles. The van der Waals surface area contributed by atoms with Crippen LogP contribution in [-0.2, 0) is 24.0 Å². The first-order valence-corrected chi connectivity index (χ1v) is 11.1. The standard InChI is InChI=1S/C27H29N3O/c1-4-21-13-9-14-22(5-2)26(21)28-19(3)24-15-10-16-25(30-24)27-29-23(18-31-27)17-20-11-7-6-8-12-20/h6-16,23H,4-5,17-18H2,1-3H3. The molecule has 0 amide bonds. The molecular weight excluding hydrogens is 382 g/mol. The second kappa shape index (κ2) is 9.69. The second-order valence-electron chi connectivity index (χ2n) is 7.83. The molecule has 1 aromatic heterocycles. The monoisotopic (exact) mass is 411 g/mol. The zero-order chi connectivity index (χ0) is 21.6. The molecule has 4 rings (SSSR count). The van der Waals surface area contributed by atoms with Crippen LogP contribution in [0.1, 0.15) is 48.8 Å². The van der Waals surface area contributed by atoms with E-state index in [1.165, 1.54) is 16.7 Å². The Kier molecular flexibility index (Phi) is 6.56. The molecule has 0 spiro atoms. The van der Waals surface area contributed by atoms with Crippen molar-refractivity contribution >= 4 is 17.3 Å². The maximum Gasteiger partial charge on any atom is 0.235 e. The van der Waals surface area contributed by atoms with Gasteiger partial charge in [0.05, 0.1) is 23.1 Å². The van der Waals surface area contributed by atoms with Gasteiger partial charge in [-0.2, -0.15) is 0 Å². The Labute approximate surface area is 184 Å². The molecule has 3 aromatic rings. The lowest BCUT2D eigenvalue weighted by Gasteiger charge is -2.10. The van der Waals surface area contributed by atoms with E-state index in [1.807, 2.05) is 31.2 Å². The molecular formula is C27H29N3O. The fourth-order valence-corrected chi connectivity index (χ4v) is 3.89. The van der Waals surface area contributed by atoms with Crippen molar-refractivity contribution in [3.05, 3.63) is 94.8 Å². The molecule has 0 radical (unpaired) electrons. The number of benzene rings is 2. The molecule has 0 bridgehead atoms. The van der Waals surface area contributed by atoms with E-state index in [0.29, 0.717) is 12.5 Å². The van der Waals surface area contributed by atoms with Gasteiger partial charge in [-0.3, -0.25) is 4.99 Å². The van der Waals surface area contributed by atoms with Crippen molar-refractivity contribution in [3.63, 3.8) is 0 Å². The van der Waals surface area contributed by atoms with Crippen LogP contribution in [0.25, 0.3) is 0 Å². The summed E-state index contributed by atoms with van der Waals surface area (Å²) >= 11 is 0. The zero-order valence-electron chi connectivity index (χ0n) is 18.5. The van der Waals surface area contributed by atoms with Crippen LogP contribution in [0, 0.1) is 0 Å². The molecule has 2 heterocycles. The van der Waals surface area contributed by atoms with E-state index in [-0.39, 0.29) is 6.04 Å². The van der Waals surface area contributed by atoms with Crippen molar-refractivity contribution in [2.75, 3.05) is 6.61 Å². The zero-order valence-corrected chi connectivity index (χ0v) is 18.5. The number of nitrogens with zero attached hydrogens (tertiary/aromatic N) is 3. The largest absolute Gasteiger partial charge is 0.474 e. The van der Waals surface area contributed by atoms with Gasteiger partial charge in [-0.1, -0.05) is 68.4 Å². The quantitative estimate of drug-likeness (QED) is 0.466. The van der Waals surface area contributed by atoms with E-state index in [2.05, 4.69) is 56.3 Å². The summed E-state index contributed by atoms with van der Waals surface area (Å²) in [4.78, 5) is 14.6. The molecule has 4 heteroatoms. The summed E-state index contributed by atoms with van der Waals surface area (Å²) in [7, 11) is 0. The summed E-state index contributed by atoms with van der Waals surface area (Å²) < 4.78 is 5.90. The number of para-hydroxylation sites is 1. The fraction of sp³-hybridized carbons (Fsp3) is 0.296. The number of aromatic nitrogens is 1. The normalized spacial score (nSPS) is 16.2. The Bertz CT molecular complexity index is 1080. The molecule has 1 aliphatic rings. The molecule has 0 aliphatic carbocycles. The van der Waals surface area contributed by atoms with Gasteiger partial charge in [0, 0.05) is 0 Å². The fourth-order valence-electron chi connectivity index (χ4n) is 3.89. The van der Waals surface area contributed by atoms with Gasteiger partial charge in [0.25, 0.3) is 0 Å². The first-order chi connectivity index (χ1) is 15.2. The number of pyridine rings is 1. The summed E-state index contributed by atoms with van der Waals surface area (Å²) in [5, 5.41) is 0. The van der Waals surface area contributed by atoms with E-state index in [1.54, 1.807) is 0 Å². The van der Waals surface area contributed by atoms with E-state index in [0.717, 1.165) is 42.0 Å². The van der Waals surface area contributed by atoms with Crippen molar-refractivity contribution in [3.8, 4) is 0 Å². The Balaban J connectivity index is 1.58. The molecule has 158 valence electrons. The molecule has 1 atom stereocenters. The van der Waals surface area contributed by atoms with E-state index in [9.17, 15) is 0 Å². The number of rotatable bonds is 7. The molecule has 4 nitrogen and oxygen atoms in total. The second-order valence-corrected chi connectivity index (χ2v) is 7.83. The van der Waals surface area contributed by atoms with Crippen LogP contribution in [0.3, 0.4) is 0 Å². The first kappa shape index (κ1) is 21.0. The van der Waals surface area contributed by atoms with Crippen LogP contribution in [0.2, 0.25) is 0 Å². The van der Waals surface area contributed by atoms with Crippen LogP contribution < -0.4 is 0 Å². The predicted octanol–water partition coefficient (Wildman–Crippen LogP) is 5.74. The molecule has 0 fully saturated rings. The van der Waals surface area contributed by atoms with Crippen molar-refractivity contribution in [2.45, 2.75) is 46.1 Å². The number of ether oxygens (including phenoxy) is 1. The van der Waals surface area contributed by atoms with E-state index >= 15 is 0 Å². The maximum atomic E-state index is 5.90. The third-order valence-electron chi connectivity index (χ3n) is 5.61. The predicted molar refractivity (Wildman–Crippen MR) is 128 cm³/mol. The average Bonchev–Trinajstić information content (AvgIpc) is 3.28. The third-order valence-corrected chi connectivity index (χ3v) is 5.61. The van der Waals surface area contributed by atoms with Crippen LogP contribution in [-0.4, -0.2) is 29.2 Å². The summed E-state index contributed by atoms with van der Waals surface area (Å²) in [5.41, 5.74) is 7.40. The summed E-state index contributed by atoms with van der Waals surface area (Å²) in [6.07, 6.45) is 2.79. The third kappa shape index (κ3) is 4.91. The molecule has 0 saturated carbocycles. The molecule has 0 N–H and O–H groups in total. The Morgan fingerprint density at radius 3 is 2.35 bits per heavy atom. The van der Waals surface area contributed by atoms with Gasteiger partial charge in [0.15, 0.2) is 0 Å². The minimum Gasteiger partial charge on any atom is -0.474 e. The highest BCUT2D eigenvalue weighted by molar-refractivity contribution is 6.00. The number of aliphatic imine (C=N–C) groups is 2. The van der Waals surface area contributed by atoms with Crippen molar-refractivity contribution in [2.24, 2.45) is 9.98 Å². The number of hydrogen-bond acceptors (Lipinski definition) is 4. The van der Waals surface area contributed by atoms with Gasteiger partial charge in [-0.15, -0.1) is 0 Å². The number of hydrogen-bond donors (Lipinski definition) is 0. The Morgan fingerprint density at radius 1 is 0.935 bits per heavy atom. The summed E-state index contributed by atoms with van der Waals surface area (Å²) in [5.74, 6) is 0.624. The minimum atomic E-state index is 0.126. The van der Waals surface area contributed by atoms with Crippen LogP contribution in [0.15, 0.2) is 76.7 Å². The van der Waals surface area contributed by atoms with Gasteiger partial charge in [0.1, 0.15) is 12.3 Å². The van der Waals surface area contributed by atoms with Gasteiger partial charge < -0.3 is 4.74 Å². The molecule has 1 unspecified atom stereocenters. The maximum absolute atomic E-state index is 5.90. The lowest BCUT2D eigenvalue weighted by Crippen LogP contribution is -2.10. The Morgan fingerprint density at radius 2 is 1.65 bits per heavy atom. The van der Waals surface area contributed by atoms with Gasteiger partial charge in [0.2, 0.25) is 5.90 Å². The highest BCUT2D eigenvalue weighted by atomic mass is 16.5. The SMILES string of the molecule is CCc1cccc(CC)c1N=C(C)c1cccc(C2=NC(Cc3ccccc3)CO2)n1.